The van der Waals surface area contributed by atoms with E-state index in [2.05, 4.69) is 13.8 Å². The lowest BCUT2D eigenvalue weighted by Gasteiger charge is -2.45. The second-order valence-corrected chi connectivity index (χ2v) is 14.5. The molecule has 1 saturated carbocycles. The highest BCUT2D eigenvalue weighted by Crippen LogP contribution is 2.78. The molecule has 0 spiro atoms. The number of fused-ring (bicyclic) bond motifs is 4. The van der Waals surface area contributed by atoms with E-state index >= 15 is 26.3 Å². The van der Waals surface area contributed by atoms with Crippen LogP contribution in [0.5, 0.6) is 0 Å². The molecule has 1 fully saturated rings. The smallest absolute Gasteiger partial charge is 0.194 e. The summed E-state index contributed by atoms with van der Waals surface area (Å²) in [5.41, 5.74) is -1.11. The van der Waals surface area contributed by atoms with E-state index in [-0.39, 0.29) is 9.81 Å². The predicted octanol–water partition coefficient (Wildman–Crippen LogP) is 11.7. The van der Waals surface area contributed by atoms with Gasteiger partial charge in [-0.25, -0.2) is 0 Å². The fourth-order valence-corrected chi connectivity index (χ4v) is 9.76. The lowest BCUT2D eigenvalue weighted by Crippen LogP contribution is -2.47. The number of thioether (sulfide) groups is 2. The molecule has 2 aromatic rings. The number of unbranched alkanes of at least 4 members (excludes halogenated alkanes) is 2. The van der Waals surface area contributed by atoms with E-state index < -0.39 is 39.7 Å². The fraction of sp³-hybridized carbons (Fsp3) is 0.429. The Morgan fingerprint density at radius 2 is 0.907 bits per heavy atom. The summed E-state index contributed by atoms with van der Waals surface area (Å²) < 4.78 is 92.7. The lowest BCUT2D eigenvalue weighted by atomic mass is 9.60. The minimum Gasteiger partial charge on any atom is -0.194 e. The van der Waals surface area contributed by atoms with Gasteiger partial charge < -0.3 is 0 Å². The third-order valence-electron chi connectivity index (χ3n) is 9.52. The van der Waals surface area contributed by atoms with Gasteiger partial charge in [-0.05, 0) is 47.9 Å². The lowest BCUT2D eigenvalue weighted by molar-refractivity contribution is -0.258. The largest absolute Gasteiger partial charge is 0.380 e. The number of allylic oxidation sites excluding steroid dienone is 6. The molecule has 6 rings (SSSR count). The Balaban J connectivity index is 1.51. The van der Waals surface area contributed by atoms with E-state index in [1.165, 1.54) is 0 Å². The average molecular weight is 633 g/mol. The highest BCUT2D eigenvalue weighted by Gasteiger charge is 2.84. The van der Waals surface area contributed by atoms with Gasteiger partial charge >= 0.3 is 17.8 Å². The van der Waals surface area contributed by atoms with Crippen LogP contribution in [-0.2, 0) is 12.8 Å². The van der Waals surface area contributed by atoms with Crippen LogP contribution in [0.1, 0.15) is 75.6 Å². The second-order valence-electron chi connectivity index (χ2n) is 12.4. The molecule has 2 aromatic carbocycles. The standard InChI is InChI=1S/C35H34F6S2/c1-5-7-9-21-11-15-23(16-12-21)25-19-31(3)29(42-25)27-28(34(38,39)35(40,41)33(27,36)37)30-32(31,4)20-26(43-30)24-17-13-22(14-18-24)10-8-6-2/h11-20H,5-10H2,1-4H3. The molecule has 0 nitrogen and oxygen atoms in total. The molecule has 4 aliphatic rings. The summed E-state index contributed by atoms with van der Waals surface area (Å²) in [6, 6.07) is 15.5. The molecule has 2 heterocycles. The second kappa shape index (κ2) is 10.4. The van der Waals surface area contributed by atoms with Crippen molar-refractivity contribution in [3.05, 3.63) is 104 Å². The Kier molecular flexibility index (Phi) is 7.40. The molecule has 0 bridgehead atoms. The van der Waals surface area contributed by atoms with Crippen LogP contribution in [0, 0.1) is 10.8 Å². The van der Waals surface area contributed by atoms with Gasteiger partial charge in [0.25, 0.3) is 0 Å². The SMILES string of the molecule is CCCCc1ccc(C2=CC3(C)C(=C4C(=C5SC(c6ccc(CCCC)cc6)=CC53C)C(F)(F)C(F)(F)C4(F)F)S2)cc1. The van der Waals surface area contributed by atoms with Gasteiger partial charge in [0.15, 0.2) is 0 Å². The minimum absolute atomic E-state index is 0.117. The zero-order valence-corrected chi connectivity index (χ0v) is 26.2. The Morgan fingerprint density at radius 1 is 0.558 bits per heavy atom. The Bertz CT molecular complexity index is 1460. The van der Waals surface area contributed by atoms with Crippen molar-refractivity contribution in [1.29, 1.82) is 0 Å². The summed E-state index contributed by atoms with van der Waals surface area (Å²) in [6.07, 6.45) is 9.64. The van der Waals surface area contributed by atoms with Crippen LogP contribution < -0.4 is 0 Å². The molecule has 43 heavy (non-hydrogen) atoms. The number of hydrogen-bond donors (Lipinski definition) is 0. The Labute approximate surface area is 257 Å². The number of hydrogen-bond acceptors (Lipinski definition) is 2. The molecule has 228 valence electrons. The summed E-state index contributed by atoms with van der Waals surface area (Å²) in [4.78, 5) is 0.980. The third kappa shape index (κ3) is 4.28. The van der Waals surface area contributed by atoms with Crippen LogP contribution in [-0.4, -0.2) is 17.8 Å². The maximum Gasteiger partial charge on any atom is 0.380 e. The summed E-state index contributed by atoms with van der Waals surface area (Å²) in [6.45, 7) is 7.66. The van der Waals surface area contributed by atoms with Gasteiger partial charge in [-0.1, -0.05) is 125 Å². The highest BCUT2D eigenvalue weighted by atomic mass is 32.2. The number of rotatable bonds is 8. The van der Waals surface area contributed by atoms with E-state index in [1.807, 2.05) is 60.7 Å². The van der Waals surface area contributed by atoms with Crippen molar-refractivity contribution in [2.75, 3.05) is 0 Å². The summed E-state index contributed by atoms with van der Waals surface area (Å²) in [5.74, 6) is -15.6. The molecule has 0 saturated heterocycles. The van der Waals surface area contributed by atoms with Crippen LogP contribution >= 0.6 is 23.5 Å². The third-order valence-corrected chi connectivity index (χ3v) is 12.3. The van der Waals surface area contributed by atoms with Crippen molar-refractivity contribution < 1.29 is 26.3 Å². The number of benzene rings is 2. The van der Waals surface area contributed by atoms with Crippen molar-refractivity contribution >= 4 is 33.3 Å². The summed E-state index contributed by atoms with van der Waals surface area (Å²) in [7, 11) is 0. The summed E-state index contributed by atoms with van der Waals surface area (Å²) in [5, 5.41) is 0. The van der Waals surface area contributed by atoms with Gasteiger partial charge in [0, 0.05) is 41.6 Å². The number of alkyl halides is 6. The first-order valence-corrected chi connectivity index (χ1v) is 16.5. The predicted molar refractivity (Wildman–Crippen MR) is 166 cm³/mol. The van der Waals surface area contributed by atoms with Gasteiger partial charge in [0.05, 0.1) is 0 Å². The van der Waals surface area contributed by atoms with Crippen molar-refractivity contribution in [2.24, 2.45) is 10.8 Å². The van der Waals surface area contributed by atoms with Gasteiger partial charge in [-0.3, -0.25) is 0 Å². The number of halogens is 6. The molecule has 0 amide bonds. The molecule has 0 aromatic heterocycles. The molecular weight excluding hydrogens is 599 g/mol. The fourth-order valence-electron chi connectivity index (χ4n) is 6.59. The molecule has 2 aliphatic carbocycles. The average Bonchev–Trinajstić information content (AvgIpc) is 3.55. The van der Waals surface area contributed by atoms with Crippen molar-refractivity contribution in [3.8, 4) is 0 Å². The maximum atomic E-state index is 15.6. The van der Waals surface area contributed by atoms with Crippen LogP contribution in [0.25, 0.3) is 9.81 Å². The Morgan fingerprint density at radius 3 is 1.23 bits per heavy atom. The van der Waals surface area contributed by atoms with E-state index in [1.54, 1.807) is 13.8 Å². The summed E-state index contributed by atoms with van der Waals surface area (Å²) >= 11 is 1.85. The monoisotopic (exact) mass is 632 g/mol. The normalized spacial score (nSPS) is 28.0. The van der Waals surface area contributed by atoms with Gasteiger partial charge in [-0.2, -0.15) is 26.3 Å². The van der Waals surface area contributed by atoms with Crippen LogP contribution in [0.3, 0.4) is 0 Å². The molecule has 2 atom stereocenters. The maximum absolute atomic E-state index is 15.6. The van der Waals surface area contributed by atoms with Crippen LogP contribution in [0.2, 0.25) is 0 Å². The van der Waals surface area contributed by atoms with Crippen LogP contribution in [0.4, 0.5) is 26.3 Å². The molecule has 2 unspecified atom stereocenters. The quantitative estimate of drug-likeness (QED) is 0.266. The Hall–Kier alpha value is -2.32. The van der Waals surface area contributed by atoms with Gasteiger partial charge in [0.1, 0.15) is 0 Å². The molecular formula is C35H34F6S2. The molecule has 0 N–H and O–H groups in total. The van der Waals surface area contributed by atoms with Gasteiger partial charge in [0.2, 0.25) is 0 Å². The van der Waals surface area contributed by atoms with Crippen LogP contribution in [0.15, 0.2) is 81.6 Å². The van der Waals surface area contributed by atoms with E-state index in [4.69, 9.17) is 0 Å². The van der Waals surface area contributed by atoms with E-state index in [9.17, 15) is 0 Å². The topological polar surface area (TPSA) is 0 Å². The first kappa shape index (κ1) is 30.7. The molecule has 0 radical (unpaired) electrons. The highest BCUT2D eigenvalue weighted by molar-refractivity contribution is 8.12. The van der Waals surface area contributed by atoms with Gasteiger partial charge in [-0.15, -0.1) is 0 Å². The first-order valence-electron chi connectivity index (χ1n) is 14.9. The zero-order valence-electron chi connectivity index (χ0n) is 24.6. The van der Waals surface area contributed by atoms with Crippen molar-refractivity contribution in [2.45, 2.75) is 84.0 Å². The van der Waals surface area contributed by atoms with E-state index in [0.717, 1.165) is 84.3 Å². The minimum atomic E-state index is -5.55. The van der Waals surface area contributed by atoms with Crippen molar-refractivity contribution in [1.82, 2.24) is 0 Å². The number of aryl methyl sites for hydroxylation is 2. The van der Waals surface area contributed by atoms with Crippen molar-refractivity contribution in [3.63, 3.8) is 0 Å². The first-order chi connectivity index (χ1) is 20.2. The molecule has 8 heteroatoms. The van der Waals surface area contributed by atoms with E-state index in [0.29, 0.717) is 9.81 Å². The molecule has 2 aliphatic heterocycles. The zero-order chi connectivity index (χ0) is 31.0.